The summed E-state index contributed by atoms with van der Waals surface area (Å²) in [7, 11) is 1.46. The average molecular weight is 438 g/mol. The molecule has 6 nitrogen and oxygen atoms in total. The van der Waals surface area contributed by atoms with Gasteiger partial charge in [0.15, 0.2) is 4.80 Å². The van der Waals surface area contributed by atoms with Crippen LogP contribution in [0.3, 0.4) is 0 Å². The van der Waals surface area contributed by atoms with Gasteiger partial charge in [0.1, 0.15) is 11.8 Å². The number of rotatable bonds is 5. The molecule has 0 aliphatic carbocycles. The zero-order valence-corrected chi connectivity index (χ0v) is 16.8. The van der Waals surface area contributed by atoms with Crippen molar-refractivity contribution in [3.8, 4) is 5.75 Å². The molecule has 0 bridgehead atoms. The number of hydrogen-bond acceptors (Lipinski definition) is 4. The number of aliphatic carboxylic acids is 1. The number of aromatic nitrogens is 1. The van der Waals surface area contributed by atoms with Crippen molar-refractivity contribution in [1.82, 2.24) is 4.57 Å². The molecule has 10 heteroatoms. The molecule has 0 spiro atoms. The molecule has 0 radical (unpaired) electrons. The second-order valence-corrected chi connectivity index (χ2v) is 7.30. The lowest BCUT2D eigenvalue weighted by Gasteiger charge is -2.13. The van der Waals surface area contributed by atoms with Gasteiger partial charge in [-0.05, 0) is 36.8 Å². The summed E-state index contributed by atoms with van der Waals surface area (Å²) in [5.41, 5.74) is -0.709. The molecule has 0 aliphatic heterocycles. The van der Waals surface area contributed by atoms with Crippen molar-refractivity contribution in [2.45, 2.75) is 25.6 Å². The Kier molecular flexibility index (Phi) is 5.97. The number of hydrogen-bond donors (Lipinski definition) is 1. The number of nitrogens with zero attached hydrogens (tertiary/aromatic N) is 2. The Morgan fingerprint density at radius 1 is 1.23 bits per heavy atom. The maximum Gasteiger partial charge on any atom is 0.416 e. The number of ether oxygens (including phenoxy) is 1. The normalized spacial score (nSPS) is 13.4. The third-order valence-corrected chi connectivity index (χ3v) is 5.54. The maximum absolute atomic E-state index is 13.0. The number of carboxylic acid groups (broad SMARTS) is 1. The molecule has 0 saturated carbocycles. The van der Waals surface area contributed by atoms with E-state index < -0.39 is 29.7 Å². The third-order valence-electron chi connectivity index (χ3n) is 4.45. The van der Waals surface area contributed by atoms with Crippen LogP contribution in [0.5, 0.6) is 5.75 Å². The van der Waals surface area contributed by atoms with Crippen molar-refractivity contribution < 1.29 is 32.6 Å². The fourth-order valence-corrected chi connectivity index (χ4v) is 4.18. The number of carboxylic acids is 1. The van der Waals surface area contributed by atoms with Crippen LogP contribution in [-0.4, -0.2) is 28.7 Å². The predicted octanol–water partition coefficient (Wildman–Crippen LogP) is 4.51. The first-order valence-electron chi connectivity index (χ1n) is 8.84. The molecule has 1 aromatic heterocycles. The van der Waals surface area contributed by atoms with Gasteiger partial charge in [-0.3, -0.25) is 4.79 Å². The number of amides is 1. The fraction of sp³-hybridized carbons (Fsp3) is 0.250. The van der Waals surface area contributed by atoms with Gasteiger partial charge in [-0.15, -0.1) is 0 Å². The van der Waals surface area contributed by atoms with Crippen LogP contribution in [0, 0.1) is 0 Å². The Bertz CT molecular complexity index is 1180. The van der Waals surface area contributed by atoms with Gasteiger partial charge in [0, 0.05) is 5.56 Å². The Hall–Kier alpha value is -3.14. The second-order valence-electron chi connectivity index (χ2n) is 6.32. The van der Waals surface area contributed by atoms with E-state index in [0.29, 0.717) is 16.0 Å². The van der Waals surface area contributed by atoms with Crippen molar-refractivity contribution in [1.29, 1.82) is 0 Å². The number of carbonyl (C=O) groups excluding carboxylic acids is 1. The van der Waals surface area contributed by atoms with Crippen molar-refractivity contribution in [3.63, 3.8) is 0 Å². The van der Waals surface area contributed by atoms with E-state index in [2.05, 4.69) is 4.99 Å². The largest absolute Gasteiger partial charge is 0.495 e. The van der Waals surface area contributed by atoms with Gasteiger partial charge in [0.05, 0.1) is 22.9 Å². The molecule has 0 saturated heterocycles. The van der Waals surface area contributed by atoms with Gasteiger partial charge in [-0.25, -0.2) is 4.79 Å². The topological polar surface area (TPSA) is 80.9 Å². The highest BCUT2D eigenvalue weighted by atomic mass is 32.1. The minimum atomic E-state index is -4.60. The Labute approximate surface area is 172 Å². The van der Waals surface area contributed by atoms with E-state index in [-0.39, 0.29) is 16.8 Å². The van der Waals surface area contributed by atoms with Crippen LogP contribution < -0.4 is 9.54 Å². The molecule has 2 aromatic carbocycles. The van der Waals surface area contributed by atoms with Crippen molar-refractivity contribution >= 4 is 33.4 Å². The molecule has 1 unspecified atom stereocenters. The van der Waals surface area contributed by atoms with E-state index >= 15 is 0 Å². The maximum atomic E-state index is 13.0. The number of halogens is 3. The minimum absolute atomic E-state index is 0.0613. The highest BCUT2D eigenvalue weighted by Crippen LogP contribution is 2.31. The first kappa shape index (κ1) is 21.6. The van der Waals surface area contributed by atoms with Crippen molar-refractivity contribution in [2.75, 3.05) is 7.11 Å². The summed E-state index contributed by atoms with van der Waals surface area (Å²) in [4.78, 5) is 28.5. The van der Waals surface area contributed by atoms with Gasteiger partial charge >= 0.3 is 12.1 Å². The minimum Gasteiger partial charge on any atom is -0.495 e. The number of methoxy groups -OCH3 is 1. The van der Waals surface area contributed by atoms with Crippen LogP contribution >= 0.6 is 11.3 Å². The molecule has 0 fully saturated rings. The van der Waals surface area contributed by atoms with Crippen molar-refractivity contribution in [2.24, 2.45) is 4.99 Å². The molecule has 0 aliphatic rings. The lowest BCUT2D eigenvalue weighted by Crippen LogP contribution is -2.27. The van der Waals surface area contributed by atoms with Crippen LogP contribution in [0.4, 0.5) is 13.2 Å². The van der Waals surface area contributed by atoms with Crippen LogP contribution in [0.2, 0.25) is 0 Å². The molecular formula is C20H17F3N2O4S. The van der Waals surface area contributed by atoms with E-state index in [1.54, 1.807) is 25.1 Å². The first-order chi connectivity index (χ1) is 14.2. The second kappa shape index (κ2) is 8.31. The Balaban J connectivity index is 2.23. The number of benzene rings is 2. The first-order valence-corrected chi connectivity index (χ1v) is 9.66. The van der Waals surface area contributed by atoms with E-state index in [1.165, 1.54) is 17.7 Å². The summed E-state index contributed by atoms with van der Waals surface area (Å²) in [6.45, 7) is 1.67. The van der Waals surface area contributed by atoms with Gasteiger partial charge in [-0.2, -0.15) is 18.2 Å². The van der Waals surface area contributed by atoms with E-state index in [4.69, 9.17) is 4.74 Å². The average Bonchev–Trinajstić information content (AvgIpc) is 3.05. The van der Waals surface area contributed by atoms with E-state index in [0.717, 1.165) is 29.5 Å². The number of carbonyl (C=O) groups is 2. The standard InChI is InChI=1S/C20H17F3N2O4S/c1-3-13(18(27)28)25-14-8-5-9-15(29-2)16(14)30-19(25)24-17(26)11-6-4-7-12(10-11)20(21,22)23/h4-10,13H,3H2,1-2H3,(H,27,28). The van der Waals surface area contributed by atoms with E-state index in [9.17, 15) is 27.9 Å². The fourth-order valence-electron chi connectivity index (χ4n) is 3.03. The molecule has 158 valence electrons. The molecule has 30 heavy (non-hydrogen) atoms. The van der Waals surface area contributed by atoms with E-state index in [1.807, 2.05) is 0 Å². The molecule has 1 heterocycles. The van der Waals surface area contributed by atoms with Gasteiger partial charge in [0.2, 0.25) is 0 Å². The zero-order chi connectivity index (χ0) is 22.1. The van der Waals surface area contributed by atoms with Gasteiger partial charge < -0.3 is 14.4 Å². The SMILES string of the molecule is CCC(C(=O)O)n1c(=NC(=O)c2cccc(C(F)(F)F)c2)sc2c(OC)cccc21. The molecule has 3 rings (SSSR count). The van der Waals surface area contributed by atoms with Gasteiger partial charge in [-0.1, -0.05) is 30.4 Å². The highest BCUT2D eigenvalue weighted by Gasteiger charge is 2.31. The summed E-state index contributed by atoms with van der Waals surface area (Å²) < 4.78 is 46.2. The summed E-state index contributed by atoms with van der Waals surface area (Å²) in [5, 5.41) is 9.63. The summed E-state index contributed by atoms with van der Waals surface area (Å²) >= 11 is 1.03. The number of fused-ring (bicyclic) bond motifs is 1. The smallest absolute Gasteiger partial charge is 0.416 e. The van der Waals surface area contributed by atoms with Crippen LogP contribution in [0.1, 0.15) is 35.3 Å². The summed E-state index contributed by atoms with van der Waals surface area (Å²) in [5.74, 6) is -1.55. The highest BCUT2D eigenvalue weighted by molar-refractivity contribution is 7.16. The van der Waals surface area contributed by atoms with Crippen LogP contribution in [0.25, 0.3) is 10.2 Å². The lowest BCUT2D eigenvalue weighted by atomic mass is 10.1. The molecule has 1 N–H and O–H groups in total. The Morgan fingerprint density at radius 2 is 1.93 bits per heavy atom. The molecule has 3 aromatic rings. The predicted molar refractivity (Wildman–Crippen MR) is 105 cm³/mol. The number of alkyl halides is 3. The van der Waals surface area contributed by atoms with Crippen LogP contribution in [-0.2, 0) is 11.0 Å². The molecule has 1 atom stereocenters. The van der Waals surface area contributed by atoms with Crippen LogP contribution in [0.15, 0.2) is 47.5 Å². The molecule has 1 amide bonds. The zero-order valence-electron chi connectivity index (χ0n) is 15.9. The summed E-state index contributed by atoms with van der Waals surface area (Å²) in [6.07, 6.45) is -4.39. The monoisotopic (exact) mass is 438 g/mol. The quantitative estimate of drug-likeness (QED) is 0.636. The van der Waals surface area contributed by atoms with Crippen molar-refractivity contribution in [3.05, 3.63) is 58.4 Å². The summed E-state index contributed by atoms with van der Waals surface area (Å²) in [6, 6.07) is 7.96. The molecular weight excluding hydrogens is 421 g/mol. The third kappa shape index (κ3) is 4.09. The Morgan fingerprint density at radius 3 is 2.53 bits per heavy atom. The number of thiazole rings is 1. The van der Waals surface area contributed by atoms with Gasteiger partial charge in [0.25, 0.3) is 5.91 Å². The lowest BCUT2D eigenvalue weighted by molar-refractivity contribution is -0.141.